The first-order valence-electron chi connectivity index (χ1n) is 3.63. The van der Waals surface area contributed by atoms with Gasteiger partial charge in [0, 0.05) is 0 Å². The first-order chi connectivity index (χ1) is 7.68. The van der Waals surface area contributed by atoms with Gasteiger partial charge in [-0.25, -0.2) is 14.6 Å². The number of rotatable bonds is 1. The van der Waals surface area contributed by atoms with Gasteiger partial charge >= 0.3 is 12.1 Å². The molecule has 0 aliphatic heterocycles. The fourth-order valence-electron chi connectivity index (χ4n) is 0.673. The van der Waals surface area contributed by atoms with Crippen molar-refractivity contribution in [3.8, 4) is 0 Å². The number of halogens is 3. The highest BCUT2D eigenvalue weighted by molar-refractivity contribution is 6.46. The van der Waals surface area contributed by atoms with E-state index in [1.54, 1.807) is 0 Å². The number of nitrogens with two attached hydrogens (primary N) is 1. The van der Waals surface area contributed by atoms with Crippen molar-refractivity contribution in [3.63, 3.8) is 0 Å². The third-order valence-electron chi connectivity index (χ3n) is 1.27. The Balaban J connectivity index is 0.000000557. The fourth-order valence-corrected chi connectivity index (χ4v) is 1.26. The molecular formula is C7H5Cl3N2O5. The van der Waals surface area contributed by atoms with Crippen LogP contribution in [0.15, 0.2) is 0 Å². The first-order valence-corrected chi connectivity index (χ1v) is 4.77. The number of aromatic nitrogens is 1. The fraction of sp³-hybridized carbons (Fsp3) is 0. The molecule has 17 heavy (non-hydrogen) atoms. The molecule has 0 fully saturated rings. The molecular weight excluding hydrogens is 298 g/mol. The summed E-state index contributed by atoms with van der Waals surface area (Å²) in [6, 6.07) is 0. The molecule has 1 aromatic rings. The normalized spacial score (nSPS) is 9.12. The van der Waals surface area contributed by atoms with Crippen molar-refractivity contribution in [2.75, 3.05) is 5.73 Å². The maximum Gasteiger partial charge on any atom is 0.503 e. The third kappa shape index (κ3) is 4.51. The van der Waals surface area contributed by atoms with E-state index in [4.69, 9.17) is 60.7 Å². The lowest BCUT2D eigenvalue weighted by Crippen LogP contribution is -2.04. The number of carboxylic acids is 1. The summed E-state index contributed by atoms with van der Waals surface area (Å²) in [7, 11) is 0. The van der Waals surface area contributed by atoms with Crippen LogP contribution < -0.4 is 5.73 Å². The van der Waals surface area contributed by atoms with Crippen LogP contribution in [0.1, 0.15) is 10.5 Å². The van der Waals surface area contributed by atoms with Crippen molar-refractivity contribution in [2.24, 2.45) is 0 Å². The van der Waals surface area contributed by atoms with Gasteiger partial charge < -0.3 is 21.1 Å². The molecule has 1 rings (SSSR count). The third-order valence-corrected chi connectivity index (χ3v) is 2.41. The maximum atomic E-state index is 10.5. The van der Waals surface area contributed by atoms with Gasteiger partial charge in [0.15, 0.2) is 10.8 Å². The zero-order chi connectivity index (χ0) is 13.7. The Morgan fingerprint density at radius 3 is 1.82 bits per heavy atom. The summed E-state index contributed by atoms with van der Waals surface area (Å²) in [5.74, 6) is -1.31. The molecule has 0 bridgehead atoms. The summed E-state index contributed by atoms with van der Waals surface area (Å²) in [6.45, 7) is 0. The topological polar surface area (TPSA) is 134 Å². The highest BCUT2D eigenvalue weighted by Gasteiger charge is 2.18. The van der Waals surface area contributed by atoms with E-state index in [2.05, 4.69) is 4.98 Å². The second-order valence-corrected chi connectivity index (χ2v) is 3.49. The molecule has 0 atom stereocenters. The van der Waals surface area contributed by atoms with Gasteiger partial charge in [-0.1, -0.05) is 34.8 Å². The largest absolute Gasteiger partial charge is 0.503 e. The van der Waals surface area contributed by atoms with Crippen molar-refractivity contribution in [1.82, 2.24) is 4.98 Å². The number of pyridine rings is 1. The van der Waals surface area contributed by atoms with Crippen molar-refractivity contribution in [2.45, 2.75) is 0 Å². The second kappa shape index (κ2) is 6.33. The molecule has 0 unspecified atom stereocenters. The zero-order valence-electron chi connectivity index (χ0n) is 7.82. The average Bonchev–Trinajstić information content (AvgIpc) is 2.19. The number of carbonyl (C=O) groups is 2. The van der Waals surface area contributed by atoms with Gasteiger partial charge in [0.25, 0.3) is 0 Å². The first kappa shape index (κ1) is 15.6. The summed E-state index contributed by atoms with van der Waals surface area (Å²) < 4.78 is 0. The van der Waals surface area contributed by atoms with Crippen LogP contribution in [0.5, 0.6) is 0 Å². The number of hydrogen-bond donors (Lipinski definition) is 4. The monoisotopic (exact) mass is 302 g/mol. The Labute approximate surface area is 109 Å². The highest BCUT2D eigenvalue weighted by atomic mass is 35.5. The number of nitrogens with zero attached hydrogens (tertiary/aromatic N) is 1. The standard InChI is InChI=1S/C6H3Cl3N2O2.CH2O3/c7-1-3(10)2(8)5(9)11-4(1)6(12)13;2-1(3)4/h(H2,10,11)(H,12,13);(H2,2,3,4). The molecule has 1 heterocycles. The summed E-state index contributed by atoms with van der Waals surface area (Å²) in [4.78, 5) is 22.5. The van der Waals surface area contributed by atoms with E-state index >= 15 is 0 Å². The van der Waals surface area contributed by atoms with E-state index in [9.17, 15) is 4.79 Å². The minimum absolute atomic E-state index is 0.0448. The van der Waals surface area contributed by atoms with Crippen LogP contribution in [0.2, 0.25) is 15.2 Å². The molecule has 0 saturated carbocycles. The van der Waals surface area contributed by atoms with E-state index in [0.29, 0.717) is 0 Å². The predicted octanol–water partition coefficient (Wildman–Crippen LogP) is 2.54. The van der Waals surface area contributed by atoms with Crippen molar-refractivity contribution in [3.05, 3.63) is 20.9 Å². The number of anilines is 1. The average molecular weight is 303 g/mol. The Morgan fingerprint density at radius 1 is 1.06 bits per heavy atom. The van der Waals surface area contributed by atoms with Gasteiger partial charge in [-0.3, -0.25) is 0 Å². The van der Waals surface area contributed by atoms with Crippen molar-refractivity contribution < 1.29 is 24.9 Å². The van der Waals surface area contributed by atoms with Crippen LogP contribution in [0.4, 0.5) is 10.5 Å². The van der Waals surface area contributed by atoms with Gasteiger partial charge in [0.2, 0.25) is 0 Å². The molecule has 94 valence electrons. The zero-order valence-corrected chi connectivity index (χ0v) is 10.1. The SMILES string of the molecule is Nc1c(Cl)c(Cl)nc(C(=O)O)c1Cl.O=C(O)O. The van der Waals surface area contributed by atoms with E-state index in [-0.39, 0.29) is 20.9 Å². The molecule has 7 nitrogen and oxygen atoms in total. The Kier molecular flexibility index (Phi) is 5.80. The molecule has 10 heteroatoms. The number of hydrogen-bond acceptors (Lipinski definition) is 4. The lowest BCUT2D eigenvalue weighted by Gasteiger charge is -2.04. The minimum Gasteiger partial charge on any atom is -0.476 e. The lowest BCUT2D eigenvalue weighted by molar-refractivity contribution is 0.0690. The van der Waals surface area contributed by atoms with Gasteiger partial charge in [-0.15, -0.1) is 0 Å². The molecule has 0 spiro atoms. The van der Waals surface area contributed by atoms with E-state index in [0.717, 1.165) is 0 Å². The Bertz CT molecular complexity index is 461. The van der Waals surface area contributed by atoms with E-state index in [1.165, 1.54) is 0 Å². The summed E-state index contributed by atoms with van der Waals surface area (Å²) in [6.07, 6.45) is -1.83. The lowest BCUT2D eigenvalue weighted by atomic mass is 10.3. The van der Waals surface area contributed by atoms with Crippen LogP contribution in [0.3, 0.4) is 0 Å². The quantitative estimate of drug-likeness (QED) is 0.585. The number of aromatic carboxylic acids is 1. The molecule has 0 amide bonds. The van der Waals surface area contributed by atoms with E-state index < -0.39 is 17.8 Å². The van der Waals surface area contributed by atoms with Crippen molar-refractivity contribution in [1.29, 1.82) is 0 Å². The molecule has 0 saturated heterocycles. The van der Waals surface area contributed by atoms with Gasteiger partial charge in [0.05, 0.1) is 10.7 Å². The molecule has 5 N–H and O–H groups in total. The second-order valence-electron chi connectivity index (χ2n) is 2.38. The summed E-state index contributed by atoms with van der Waals surface area (Å²) in [5, 5.41) is 22.1. The minimum atomic E-state index is -1.83. The van der Waals surface area contributed by atoms with Crippen LogP contribution in [0.25, 0.3) is 0 Å². The van der Waals surface area contributed by atoms with Gasteiger partial charge in [-0.05, 0) is 0 Å². The highest BCUT2D eigenvalue weighted by Crippen LogP contribution is 2.34. The smallest absolute Gasteiger partial charge is 0.476 e. The maximum absolute atomic E-state index is 10.5. The molecule has 0 aromatic carbocycles. The summed E-state index contributed by atoms with van der Waals surface area (Å²) >= 11 is 16.6. The van der Waals surface area contributed by atoms with E-state index in [1.807, 2.05) is 0 Å². The molecule has 0 aliphatic carbocycles. The van der Waals surface area contributed by atoms with Crippen LogP contribution in [-0.2, 0) is 0 Å². The van der Waals surface area contributed by atoms with Crippen LogP contribution in [0, 0.1) is 0 Å². The molecule has 0 aliphatic rings. The predicted molar refractivity (Wildman–Crippen MR) is 61.3 cm³/mol. The Hall–Kier alpha value is -1.44. The number of carboxylic acid groups (broad SMARTS) is 3. The molecule has 0 radical (unpaired) electrons. The van der Waals surface area contributed by atoms with Gasteiger partial charge in [-0.2, -0.15) is 0 Å². The summed E-state index contributed by atoms with van der Waals surface area (Å²) in [5.41, 5.74) is 4.88. The molecule has 1 aromatic heterocycles. The number of nitrogen functional groups attached to an aromatic ring is 1. The van der Waals surface area contributed by atoms with Crippen LogP contribution in [-0.4, -0.2) is 32.4 Å². The Morgan fingerprint density at radius 2 is 1.47 bits per heavy atom. The van der Waals surface area contributed by atoms with Crippen LogP contribution >= 0.6 is 34.8 Å². The van der Waals surface area contributed by atoms with Crippen molar-refractivity contribution >= 4 is 52.6 Å². The van der Waals surface area contributed by atoms with Gasteiger partial charge in [0.1, 0.15) is 5.02 Å².